The molecule has 6 atom stereocenters. The summed E-state index contributed by atoms with van der Waals surface area (Å²) >= 11 is 6.57. The van der Waals surface area contributed by atoms with Crippen molar-refractivity contribution >= 4 is 35.5 Å². The van der Waals surface area contributed by atoms with E-state index < -0.39 is 53.9 Å². The molecular weight excluding hydrogens is 568 g/mol. The first kappa shape index (κ1) is 31.3. The lowest BCUT2D eigenvalue weighted by Gasteiger charge is -2.50. The van der Waals surface area contributed by atoms with Crippen molar-refractivity contribution in [1.82, 2.24) is 0 Å². The molecule has 0 bridgehead atoms. The Morgan fingerprint density at radius 2 is 1.62 bits per heavy atom. The van der Waals surface area contributed by atoms with Crippen molar-refractivity contribution < 1.29 is 47.6 Å². The molecule has 10 nitrogen and oxygen atoms in total. The van der Waals surface area contributed by atoms with Crippen molar-refractivity contribution in [3.8, 4) is 5.75 Å². The number of hydrogen-bond acceptors (Lipinski definition) is 10. The van der Waals surface area contributed by atoms with Gasteiger partial charge in [0.15, 0.2) is 17.8 Å². The third kappa shape index (κ3) is 7.22. The van der Waals surface area contributed by atoms with E-state index in [1.165, 1.54) is 45.7 Å². The second kappa shape index (κ2) is 13.1. The average molecular weight is 603 g/mol. The zero-order chi connectivity index (χ0) is 30.6. The molecular formula is C31H35ClO10. The van der Waals surface area contributed by atoms with Crippen LogP contribution in [0.5, 0.6) is 5.75 Å². The lowest BCUT2D eigenvalue weighted by Crippen LogP contribution is -2.65. The molecule has 1 aliphatic heterocycles. The number of esters is 4. The van der Waals surface area contributed by atoms with Gasteiger partial charge in [0.05, 0.1) is 5.02 Å². The molecule has 0 saturated carbocycles. The molecule has 2 aliphatic rings. The molecule has 11 heteroatoms. The van der Waals surface area contributed by atoms with Gasteiger partial charge in [0.2, 0.25) is 0 Å². The Morgan fingerprint density at radius 3 is 2.26 bits per heavy atom. The number of fused-ring (bicyclic) bond motifs is 1. The van der Waals surface area contributed by atoms with Gasteiger partial charge in [-0.2, -0.15) is 0 Å². The number of ether oxygens (including phenoxy) is 6. The molecule has 1 fully saturated rings. The summed E-state index contributed by atoms with van der Waals surface area (Å²) in [5.74, 6) is -2.29. The van der Waals surface area contributed by atoms with Crippen LogP contribution in [0.3, 0.4) is 0 Å². The molecule has 0 N–H and O–H groups in total. The summed E-state index contributed by atoms with van der Waals surface area (Å²) in [6.45, 7) is 5.99. The van der Waals surface area contributed by atoms with Gasteiger partial charge in [0.25, 0.3) is 0 Å². The molecule has 0 aromatic heterocycles. The van der Waals surface area contributed by atoms with Crippen molar-refractivity contribution in [2.45, 2.75) is 90.0 Å². The minimum atomic E-state index is -1.68. The zero-order valence-corrected chi connectivity index (χ0v) is 25.0. The van der Waals surface area contributed by atoms with Crippen molar-refractivity contribution in [1.29, 1.82) is 0 Å². The maximum atomic E-state index is 12.4. The van der Waals surface area contributed by atoms with Crippen molar-refractivity contribution in [3.63, 3.8) is 0 Å². The van der Waals surface area contributed by atoms with Gasteiger partial charge in [-0.05, 0) is 48.6 Å². The Morgan fingerprint density at radius 1 is 0.929 bits per heavy atom. The Kier molecular flexibility index (Phi) is 9.78. The number of aryl methyl sites for hydroxylation is 1. The highest BCUT2D eigenvalue weighted by Crippen LogP contribution is 2.46. The first-order valence-corrected chi connectivity index (χ1v) is 14.1. The van der Waals surface area contributed by atoms with Gasteiger partial charge in [-0.15, -0.1) is 0 Å². The van der Waals surface area contributed by atoms with E-state index in [9.17, 15) is 19.2 Å². The van der Waals surface area contributed by atoms with Crippen LogP contribution in [0.25, 0.3) is 0 Å². The van der Waals surface area contributed by atoms with Gasteiger partial charge in [0, 0.05) is 34.1 Å². The predicted molar refractivity (Wildman–Crippen MR) is 150 cm³/mol. The van der Waals surface area contributed by atoms with Gasteiger partial charge in [-0.1, -0.05) is 41.9 Å². The van der Waals surface area contributed by atoms with E-state index in [-0.39, 0.29) is 12.7 Å². The van der Waals surface area contributed by atoms with E-state index in [1.54, 1.807) is 18.2 Å². The molecule has 0 radical (unpaired) electrons. The molecule has 0 spiro atoms. The Labute approximate surface area is 249 Å². The van der Waals surface area contributed by atoms with Crippen molar-refractivity contribution in [2.75, 3.05) is 6.61 Å². The maximum Gasteiger partial charge on any atom is 0.303 e. The number of halogens is 1. The summed E-state index contributed by atoms with van der Waals surface area (Å²) in [5, 5.41) is 0.369. The quantitative estimate of drug-likeness (QED) is 0.316. The third-order valence-corrected chi connectivity index (χ3v) is 7.64. The number of rotatable bonds is 8. The smallest absolute Gasteiger partial charge is 0.303 e. The zero-order valence-electron chi connectivity index (χ0n) is 24.2. The molecule has 4 rings (SSSR count). The lowest BCUT2D eigenvalue weighted by atomic mass is 9.80. The fraction of sp³-hybridized carbons (Fsp3) is 0.484. The monoisotopic (exact) mass is 602 g/mol. The van der Waals surface area contributed by atoms with E-state index in [0.29, 0.717) is 22.8 Å². The van der Waals surface area contributed by atoms with Crippen LogP contribution in [0.15, 0.2) is 42.5 Å². The van der Waals surface area contributed by atoms with Gasteiger partial charge in [-0.3, -0.25) is 19.2 Å². The van der Waals surface area contributed by atoms with Crippen molar-refractivity contribution in [2.24, 2.45) is 0 Å². The predicted octanol–water partition coefficient (Wildman–Crippen LogP) is 4.46. The van der Waals surface area contributed by atoms with Crippen LogP contribution in [0.4, 0.5) is 0 Å². The molecule has 1 heterocycles. The van der Waals surface area contributed by atoms with Crippen LogP contribution in [0.1, 0.15) is 63.8 Å². The minimum absolute atomic E-state index is 0.126. The number of carbonyl (C=O) groups is 4. The van der Waals surface area contributed by atoms with Gasteiger partial charge in [0.1, 0.15) is 30.7 Å². The number of hydrogen-bond donors (Lipinski definition) is 0. The van der Waals surface area contributed by atoms with E-state index in [4.69, 9.17) is 40.0 Å². The van der Waals surface area contributed by atoms with Crippen LogP contribution in [0, 0.1) is 0 Å². The van der Waals surface area contributed by atoms with Crippen LogP contribution < -0.4 is 4.74 Å². The largest absolute Gasteiger partial charge is 0.489 e. The maximum absolute atomic E-state index is 12.4. The first-order chi connectivity index (χ1) is 19.9. The normalized spacial score (nSPS) is 26.8. The molecule has 2 aromatic carbocycles. The molecule has 2 aromatic rings. The second-order valence-electron chi connectivity index (χ2n) is 10.7. The number of benzene rings is 2. The van der Waals surface area contributed by atoms with Crippen molar-refractivity contribution in [3.05, 3.63) is 64.2 Å². The molecule has 1 saturated heterocycles. The van der Waals surface area contributed by atoms with Crippen LogP contribution in [-0.4, -0.2) is 60.5 Å². The second-order valence-corrected chi connectivity index (χ2v) is 11.1. The summed E-state index contributed by atoms with van der Waals surface area (Å²) in [6, 6.07) is 13.2. The third-order valence-electron chi connectivity index (χ3n) is 7.32. The van der Waals surface area contributed by atoms with E-state index in [2.05, 4.69) is 12.1 Å². The number of carbonyl (C=O) groups excluding carboxylic acids is 4. The summed E-state index contributed by atoms with van der Waals surface area (Å²) in [6.07, 6.45) is -2.49. The van der Waals surface area contributed by atoms with E-state index >= 15 is 0 Å². The Hall–Kier alpha value is -3.63. The topological polar surface area (TPSA) is 124 Å². The SMILES string of the molecule is CC(=O)OC[C@H]1O[C@@H](c2ccc(Cl)c(OC3CCc4ccccc4C3)c2)[C@@](C)(OC(C)=O)[C@@H](OC(C)=O)[C@@H]1OC(C)=O. The Bertz CT molecular complexity index is 1340. The van der Waals surface area contributed by atoms with Crippen LogP contribution >= 0.6 is 11.6 Å². The summed E-state index contributed by atoms with van der Waals surface area (Å²) in [7, 11) is 0. The minimum Gasteiger partial charge on any atom is -0.489 e. The molecule has 226 valence electrons. The highest BCUT2D eigenvalue weighted by Gasteiger charge is 2.60. The van der Waals surface area contributed by atoms with Crippen LogP contribution in [-0.2, 0) is 55.7 Å². The van der Waals surface area contributed by atoms with Gasteiger partial charge < -0.3 is 28.4 Å². The fourth-order valence-corrected chi connectivity index (χ4v) is 5.79. The highest BCUT2D eigenvalue weighted by atomic mass is 35.5. The average Bonchev–Trinajstić information content (AvgIpc) is 2.91. The van der Waals surface area contributed by atoms with E-state index in [0.717, 1.165) is 12.8 Å². The molecule has 42 heavy (non-hydrogen) atoms. The molecule has 1 unspecified atom stereocenters. The Balaban J connectivity index is 1.73. The van der Waals surface area contributed by atoms with Crippen LogP contribution in [0.2, 0.25) is 5.02 Å². The standard InChI is InChI=1S/C31H35ClO10/c1-17(33)37-16-27-28(38-18(2)34)30(39-19(3)35)31(5,42-20(4)36)29(41-27)23-11-13-25(32)26(15-23)40-24-12-10-21-8-6-7-9-22(21)14-24/h6-9,11,13,15,24,27-30H,10,12,14,16H2,1-5H3/t24?,27-,28-,29+,30+,31-/m1/s1. The lowest BCUT2D eigenvalue weighted by molar-refractivity contribution is -0.286. The molecule has 0 amide bonds. The first-order valence-electron chi connectivity index (χ1n) is 13.7. The van der Waals surface area contributed by atoms with Gasteiger partial charge >= 0.3 is 23.9 Å². The van der Waals surface area contributed by atoms with Gasteiger partial charge in [-0.25, -0.2) is 0 Å². The summed E-state index contributed by atoms with van der Waals surface area (Å²) < 4.78 is 34.9. The fourth-order valence-electron chi connectivity index (χ4n) is 5.63. The summed E-state index contributed by atoms with van der Waals surface area (Å²) in [5.41, 5.74) is 1.32. The highest BCUT2D eigenvalue weighted by molar-refractivity contribution is 6.32. The molecule has 1 aliphatic carbocycles. The van der Waals surface area contributed by atoms with E-state index in [1.807, 2.05) is 12.1 Å². The summed E-state index contributed by atoms with van der Waals surface area (Å²) in [4.78, 5) is 48.4.